The molecular weight excluding hydrogens is 166 g/mol. The summed E-state index contributed by atoms with van der Waals surface area (Å²) in [7, 11) is 0. The van der Waals surface area contributed by atoms with Crippen LogP contribution in [0.2, 0.25) is 0 Å². The SMILES string of the molecule is CC[C@H](N)C(=O)N1CCN[C@H](C)C1. The molecule has 4 heteroatoms. The average molecular weight is 185 g/mol. The molecule has 0 saturated carbocycles. The number of carbonyl (C=O) groups excluding carboxylic acids is 1. The van der Waals surface area contributed by atoms with Crippen LogP contribution < -0.4 is 11.1 Å². The summed E-state index contributed by atoms with van der Waals surface area (Å²) in [5, 5.41) is 3.29. The highest BCUT2D eigenvalue weighted by atomic mass is 16.2. The molecule has 0 aromatic heterocycles. The zero-order chi connectivity index (χ0) is 9.84. The Labute approximate surface area is 79.5 Å². The normalized spacial score (nSPS) is 25.8. The molecule has 1 saturated heterocycles. The first-order valence-electron chi connectivity index (χ1n) is 4.93. The lowest BCUT2D eigenvalue weighted by atomic mass is 10.1. The summed E-state index contributed by atoms with van der Waals surface area (Å²) in [4.78, 5) is 13.5. The van der Waals surface area contributed by atoms with Crippen molar-refractivity contribution in [1.29, 1.82) is 0 Å². The summed E-state index contributed by atoms with van der Waals surface area (Å²) in [6, 6.07) is 0.0760. The van der Waals surface area contributed by atoms with Crippen LogP contribution in [0.5, 0.6) is 0 Å². The Morgan fingerprint density at radius 1 is 1.77 bits per heavy atom. The van der Waals surface area contributed by atoms with Crippen LogP contribution in [0.15, 0.2) is 0 Å². The number of rotatable bonds is 2. The molecule has 1 amide bonds. The first-order valence-corrected chi connectivity index (χ1v) is 4.93. The van der Waals surface area contributed by atoms with Gasteiger partial charge in [0.15, 0.2) is 0 Å². The predicted octanol–water partition coefficient (Wildman–Crippen LogP) is -0.456. The molecule has 4 nitrogen and oxygen atoms in total. The zero-order valence-electron chi connectivity index (χ0n) is 8.42. The van der Waals surface area contributed by atoms with Gasteiger partial charge < -0.3 is 16.0 Å². The molecule has 1 rings (SSSR count). The van der Waals surface area contributed by atoms with Gasteiger partial charge in [-0.05, 0) is 13.3 Å². The van der Waals surface area contributed by atoms with E-state index in [2.05, 4.69) is 12.2 Å². The molecule has 0 aliphatic carbocycles. The lowest BCUT2D eigenvalue weighted by Gasteiger charge is -2.33. The number of nitrogens with two attached hydrogens (primary N) is 1. The van der Waals surface area contributed by atoms with Crippen molar-refractivity contribution >= 4 is 5.91 Å². The number of hydrogen-bond donors (Lipinski definition) is 2. The maximum atomic E-state index is 11.6. The first kappa shape index (κ1) is 10.5. The fourth-order valence-corrected chi connectivity index (χ4v) is 1.54. The monoisotopic (exact) mass is 185 g/mol. The third kappa shape index (κ3) is 2.67. The quantitative estimate of drug-likeness (QED) is 0.612. The smallest absolute Gasteiger partial charge is 0.239 e. The number of piperazine rings is 1. The Kier molecular flexibility index (Phi) is 3.69. The summed E-state index contributed by atoms with van der Waals surface area (Å²) in [5.74, 6) is 0.0934. The van der Waals surface area contributed by atoms with Crippen molar-refractivity contribution in [2.24, 2.45) is 5.73 Å². The standard InChI is InChI=1S/C9H19N3O/c1-3-8(10)9(13)12-5-4-11-7(2)6-12/h7-8,11H,3-6,10H2,1-2H3/t7-,8+/m1/s1. The lowest BCUT2D eigenvalue weighted by Crippen LogP contribution is -2.55. The molecule has 13 heavy (non-hydrogen) atoms. The third-order valence-electron chi connectivity index (χ3n) is 2.44. The van der Waals surface area contributed by atoms with Gasteiger partial charge in [0.25, 0.3) is 0 Å². The van der Waals surface area contributed by atoms with E-state index in [4.69, 9.17) is 5.73 Å². The molecule has 76 valence electrons. The summed E-state index contributed by atoms with van der Waals surface area (Å²) in [6.45, 7) is 6.47. The Balaban J connectivity index is 2.46. The van der Waals surface area contributed by atoms with Gasteiger partial charge >= 0.3 is 0 Å². The fraction of sp³-hybridized carbons (Fsp3) is 0.889. The number of hydrogen-bond acceptors (Lipinski definition) is 3. The largest absolute Gasteiger partial charge is 0.339 e. The van der Waals surface area contributed by atoms with Crippen molar-refractivity contribution in [2.75, 3.05) is 19.6 Å². The van der Waals surface area contributed by atoms with Gasteiger partial charge in [-0.25, -0.2) is 0 Å². The van der Waals surface area contributed by atoms with Gasteiger partial charge in [-0.1, -0.05) is 6.92 Å². The van der Waals surface area contributed by atoms with Gasteiger partial charge in [0, 0.05) is 25.7 Å². The molecule has 1 fully saturated rings. The van der Waals surface area contributed by atoms with E-state index in [0.717, 1.165) is 26.1 Å². The van der Waals surface area contributed by atoms with Crippen LogP contribution in [0.1, 0.15) is 20.3 Å². The van der Waals surface area contributed by atoms with E-state index < -0.39 is 0 Å². The van der Waals surface area contributed by atoms with Crippen molar-refractivity contribution in [3.8, 4) is 0 Å². The molecule has 0 radical (unpaired) electrons. The third-order valence-corrected chi connectivity index (χ3v) is 2.44. The lowest BCUT2D eigenvalue weighted by molar-refractivity contribution is -0.133. The summed E-state index contributed by atoms with van der Waals surface area (Å²) in [5.41, 5.74) is 5.68. The van der Waals surface area contributed by atoms with Crippen LogP contribution in [0.3, 0.4) is 0 Å². The maximum Gasteiger partial charge on any atom is 0.239 e. The molecule has 0 aromatic carbocycles. The van der Waals surface area contributed by atoms with Crippen LogP contribution in [0, 0.1) is 0 Å². The molecule has 1 aliphatic rings. The van der Waals surface area contributed by atoms with Crippen molar-refractivity contribution in [1.82, 2.24) is 10.2 Å². The van der Waals surface area contributed by atoms with Gasteiger partial charge in [0.1, 0.15) is 0 Å². The molecule has 0 spiro atoms. The average Bonchev–Trinajstić information content (AvgIpc) is 2.15. The van der Waals surface area contributed by atoms with E-state index in [0.29, 0.717) is 6.04 Å². The predicted molar refractivity (Wildman–Crippen MR) is 52.3 cm³/mol. The van der Waals surface area contributed by atoms with E-state index in [9.17, 15) is 4.79 Å². The minimum atomic E-state index is -0.315. The summed E-state index contributed by atoms with van der Waals surface area (Å²) < 4.78 is 0. The Morgan fingerprint density at radius 3 is 3.00 bits per heavy atom. The molecule has 0 aromatic rings. The van der Waals surface area contributed by atoms with Crippen LogP contribution in [0.25, 0.3) is 0 Å². The van der Waals surface area contributed by atoms with Crippen molar-refractivity contribution < 1.29 is 4.79 Å². The Bertz CT molecular complexity index is 184. The number of amides is 1. The van der Waals surface area contributed by atoms with Crippen LogP contribution in [-0.4, -0.2) is 42.5 Å². The van der Waals surface area contributed by atoms with E-state index in [1.807, 2.05) is 11.8 Å². The van der Waals surface area contributed by atoms with E-state index in [1.54, 1.807) is 0 Å². The highest BCUT2D eigenvalue weighted by Gasteiger charge is 2.23. The van der Waals surface area contributed by atoms with E-state index in [-0.39, 0.29) is 11.9 Å². The van der Waals surface area contributed by atoms with Gasteiger partial charge in [0.05, 0.1) is 6.04 Å². The maximum absolute atomic E-state index is 11.6. The van der Waals surface area contributed by atoms with Gasteiger partial charge in [-0.2, -0.15) is 0 Å². The molecule has 0 unspecified atom stereocenters. The van der Waals surface area contributed by atoms with Crippen LogP contribution in [0.4, 0.5) is 0 Å². The van der Waals surface area contributed by atoms with Gasteiger partial charge in [0.2, 0.25) is 5.91 Å². The van der Waals surface area contributed by atoms with Crippen molar-refractivity contribution in [3.05, 3.63) is 0 Å². The Morgan fingerprint density at radius 2 is 2.46 bits per heavy atom. The molecule has 1 aliphatic heterocycles. The second kappa shape index (κ2) is 4.58. The Hall–Kier alpha value is -0.610. The minimum Gasteiger partial charge on any atom is -0.339 e. The van der Waals surface area contributed by atoms with Crippen molar-refractivity contribution in [2.45, 2.75) is 32.4 Å². The van der Waals surface area contributed by atoms with Crippen LogP contribution in [-0.2, 0) is 4.79 Å². The molecular formula is C9H19N3O. The van der Waals surface area contributed by atoms with Gasteiger partial charge in [-0.3, -0.25) is 4.79 Å². The molecule has 1 heterocycles. The van der Waals surface area contributed by atoms with Gasteiger partial charge in [-0.15, -0.1) is 0 Å². The highest BCUT2D eigenvalue weighted by molar-refractivity contribution is 5.81. The number of nitrogens with zero attached hydrogens (tertiary/aromatic N) is 1. The van der Waals surface area contributed by atoms with Crippen LogP contribution >= 0.6 is 0 Å². The number of nitrogens with one attached hydrogen (secondary N) is 1. The number of carbonyl (C=O) groups is 1. The first-order chi connectivity index (χ1) is 6.15. The summed E-state index contributed by atoms with van der Waals surface area (Å²) in [6.07, 6.45) is 0.719. The van der Waals surface area contributed by atoms with E-state index >= 15 is 0 Å². The fourth-order valence-electron chi connectivity index (χ4n) is 1.54. The second-order valence-corrected chi connectivity index (χ2v) is 3.65. The van der Waals surface area contributed by atoms with E-state index in [1.165, 1.54) is 0 Å². The zero-order valence-corrected chi connectivity index (χ0v) is 8.42. The minimum absolute atomic E-state index is 0.0934. The highest BCUT2D eigenvalue weighted by Crippen LogP contribution is 2.02. The van der Waals surface area contributed by atoms with Crippen molar-refractivity contribution in [3.63, 3.8) is 0 Å². The second-order valence-electron chi connectivity index (χ2n) is 3.65. The molecule has 3 N–H and O–H groups in total. The molecule has 0 bridgehead atoms. The summed E-state index contributed by atoms with van der Waals surface area (Å²) >= 11 is 0. The molecule has 2 atom stereocenters. The topological polar surface area (TPSA) is 58.4 Å².